The number of nitrogens with one attached hydrogen (secondary N) is 3. The van der Waals surface area contributed by atoms with E-state index in [0.29, 0.717) is 23.3 Å². The van der Waals surface area contributed by atoms with Crippen LogP contribution in [0.5, 0.6) is 0 Å². The fourth-order valence-corrected chi connectivity index (χ4v) is 5.72. The van der Waals surface area contributed by atoms with Gasteiger partial charge < -0.3 is 20.2 Å². The third-order valence-electron chi connectivity index (χ3n) is 6.56. The van der Waals surface area contributed by atoms with E-state index in [-0.39, 0.29) is 11.7 Å². The van der Waals surface area contributed by atoms with E-state index in [9.17, 15) is 22.8 Å². The number of fused-ring (bicyclic) bond motifs is 2. The van der Waals surface area contributed by atoms with Crippen molar-refractivity contribution in [3.05, 3.63) is 39.3 Å². The van der Waals surface area contributed by atoms with Crippen LogP contribution in [0.1, 0.15) is 24.0 Å². The third kappa shape index (κ3) is 4.36. The van der Waals surface area contributed by atoms with Gasteiger partial charge in [0.05, 0.1) is 16.5 Å². The molecular formula is C21H23F3N6O2S. The number of hydrogen-bond donors (Lipinski definition) is 3. The average Bonchev–Trinajstić information content (AvgIpc) is 3.47. The molecule has 3 aromatic rings. The summed E-state index contributed by atoms with van der Waals surface area (Å²) in [5.74, 6) is -0.128. The molecule has 33 heavy (non-hydrogen) atoms. The van der Waals surface area contributed by atoms with E-state index in [0.717, 1.165) is 59.6 Å². The molecule has 1 amide bonds. The van der Waals surface area contributed by atoms with Crippen molar-refractivity contribution in [2.45, 2.75) is 38.5 Å². The molecule has 5 rings (SSSR count). The highest BCUT2D eigenvalue weighted by molar-refractivity contribution is 7.14. The maximum atomic E-state index is 12.5. The van der Waals surface area contributed by atoms with Crippen LogP contribution in [-0.2, 0) is 11.3 Å². The number of thiazole rings is 1. The summed E-state index contributed by atoms with van der Waals surface area (Å²) in [5, 5.41) is 2.73. The van der Waals surface area contributed by atoms with Crippen molar-refractivity contribution in [3.8, 4) is 0 Å². The van der Waals surface area contributed by atoms with Gasteiger partial charge in [0.1, 0.15) is 11.4 Å². The minimum atomic E-state index is -4.55. The number of H-pyrrole nitrogens is 2. The van der Waals surface area contributed by atoms with Gasteiger partial charge in [-0.3, -0.25) is 9.69 Å². The second-order valence-electron chi connectivity index (χ2n) is 8.69. The minimum Gasteiger partial charge on any atom is -0.352 e. The van der Waals surface area contributed by atoms with Crippen LogP contribution in [0, 0.1) is 12.8 Å². The molecule has 0 aliphatic carbocycles. The van der Waals surface area contributed by atoms with Crippen molar-refractivity contribution in [2.75, 3.05) is 29.9 Å². The molecule has 8 nitrogen and oxygen atoms in total. The summed E-state index contributed by atoms with van der Waals surface area (Å²) in [6.07, 6.45) is -5.04. The van der Waals surface area contributed by atoms with Crippen LogP contribution in [0.3, 0.4) is 0 Å². The molecule has 0 bridgehead atoms. The van der Waals surface area contributed by atoms with E-state index in [1.165, 1.54) is 0 Å². The molecule has 2 fully saturated rings. The van der Waals surface area contributed by atoms with Crippen molar-refractivity contribution < 1.29 is 18.0 Å². The van der Waals surface area contributed by atoms with E-state index < -0.39 is 18.5 Å². The van der Waals surface area contributed by atoms with Gasteiger partial charge in [-0.05, 0) is 43.0 Å². The van der Waals surface area contributed by atoms with Crippen molar-refractivity contribution in [1.29, 1.82) is 0 Å². The molecule has 0 spiro atoms. The average molecular weight is 481 g/mol. The van der Waals surface area contributed by atoms with Gasteiger partial charge in [-0.15, -0.1) is 11.3 Å². The Hall–Kier alpha value is -2.86. The van der Waals surface area contributed by atoms with Gasteiger partial charge in [-0.25, -0.2) is 9.78 Å². The normalized spacial score (nSPS) is 21.2. The van der Waals surface area contributed by atoms with Crippen molar-refractivity contribution >= 4 is 39.1 Å². The maximum absolute atomic E-state index is 12.5. The van der Waals surface area contributed by atoms with E-state index >= 15 is 0 Å². The Balaban J connectivity index is 1.29. The fourth-order valence-electron chi connectivity index (χ4n) is 5.00. The molecule has 3 N–H and O–H groups in total. The summed E-state index contributed by atoms with van der Waals surface area (Å²) in [6.45, 7) is 5.14. The molecule has 2 saturated heterocycles. The maximum Gasteiger partial charge on any atom is 0.397 e. The number of benzene rings is 1. The highest BCUT2D eigenvalue weighted by Gasteiger charge is 2.42. The second kappa shape index (κ2) is 8.17. The molecule has 1 aromatic carbocycles. The topological polar surface area (TPSA) is 97.1 Å². The van der Waals surface area contributed by atoms with Gasteiger partial charge in [0.15, 0.2) is 5.82 Å². The van der Waals surface area contributed by atoms with Gasteiger partial charge in [0.25, 0.3) is 0 Å². The summed E-state index contributed by atoms with van der Waals surface area (Å²) in [4.78, 5) is 37.8. The predicted molar refractivity (Wildman–Crippen MR) is 120 cm³/mol. The molecule has 2 unspecified atom stereocenters. The number of anilines is 2. The SMILES string of the molecule is Cc1c(CN2CCC3CN(c4ncsc4NC(=O)CC(F)(F)F)CC32)ccc2[nH]c(=O)[nH]c12. The number of rotatable bonds is 5. The van der Waals surface area contributed by atoms with Crippen LogP contribution >= 0.6 is 11.3 Å². The van der Waals surface area contributed by atoms with Crippen LogP contribution in [0.15, 0.2) is 22.4 Å². The number of imidazole rings is 1. The Labute approximate surface area is 190 Å². The van der Waals surface area contributed by atoms with Crippen LogP contribution in [-0.4, -0.2) is 57.6 Å². The summed E-state index contributed by atoms with van der Waals surface area (Å²) in [6, 6.07) is 4.23. The minimum absolute atomic E-state index is 0.223. The predicted octanol–water partition coefficient (Wildman–Crippen LogP) is 3.22. The summed E-state index contributed by atoms with van der Waals surface area (Å²) in [5.41, 5.74) is 5.11. The fraction of sp³-hybridized carbons (Fsp3) is 0.476. The van der Waals surface area contributed by atoms with Gasteiger partial charge in [0.2, 0.25) is 5.91 Å². The number of carbonyl (C=O) groups is 1. The highest BCUT2D eigenvalue weighted by atomic mass is 32.1. The van der Waals surface area contributed by atoms with Crippen LogP contribution < -0.4 is 15.9 Å². The first kappa shape index (κ1) is 22.0. The zero-order valence-corrected chi connectivity index (χ0v) is 18.6. The van der Waals surface area contributed by atoms with Crippen molar-refractivity contribution in [1.82, 2.24) is 19.9 Å². The largest absolute Gasteiger partial charge is 0.397 e. The smallest absolute Gasteiger partial charge is 0.352 e. The second-order valence-corrected chi connectivity index (χ2v) is 9.54. The lowest BCUT2D eigenvalue weighted by Gasteiger charge is -2.26. The molecule has 2 aliphatic rings. The molecule has 4 heterocycles. The van der Waals surface area contributed by atoms with Gasteiger partial charge >= 0.3 is 11.9 Å². The first-order chi connectivity index (χ1) is 15.7. The number of aromatic nitrogens is 3. The number of alkyl halides is 3. The van der Waals surface area contributed by atoms with Crippen LogP contribution in [0.2, 0.25) is 0 Å². The van der Waals surface area contributed by atoms with E-state index in [1.807, 2.05) is 19.1 Å². The van der Waals surface area contributed by atoms with Crippen molar-refractivity contribution in [3.63, 3.8) is 0 Å². The van der Waals surface area contributed by atoms with Gasteiger partial charge in [-0.1, -0.05) is 6.07 Å². The zero-order valence-electron chi connectivity index (χ0n) is 17.8. The standard InChI is InChI=1S/C21H23F3N6O2S/c1-11-12(2-3-14-17(11)28-20(32)26-14)7-29-5-4-13-8-30(9-15(13)29)18-19(33-10-25-18)27-16(31)6-21(22,23)24/h2-3,10,13,15H,4-9H2,1H3,(H,27,31)(H2,26,28,32). The van der Waals surface area contributed by atoms with Gasteiger partial charge in [-0.2, -0.15) is 13.2 Å². The molecule has 12 heteroatoms. The lowest BCUT2D eigenvalue weighted by molar-refractivity contribution is -0.150. The summed E-state index contributed by atoms with van der Waals surface area (Å²) in [7, 11) is 0. The molecule has 176 valence electrons. The first-order valence-corrected chi connectivity index (χ1v) is 11.6. The number of aryl methyl sites for hydroxylation is 1. The monoisotopic (exact) mass is 480 g/mol. The van der Waals surface area contributed by atoms with Crippen molar-refractivity contribution in [2.24, 2.45) is 5.92 Å². The Kier molecular flexibility index (Phi) is 5.44. The number of nitrogens with zero attached hydrogens (tertiary/aromatic N) is 3. The zero-order chi connectivity index (χ0) is 23.3. The Morgan fingerprint density at radius 1 is 1.30 bits per heavy atom. The third-order valence-corrected chi connectivity index (χ3v) is 7.29. The molecule has 2 atom stereocenters. The Morgan fingerprint density at radius 3 is 2.91 bits per heavy atom. The molecular weight excluding hydrogens is 457 g/mol. The van der Waals surface area contributed by atoms with Crippen LogP contribution in [0.4, 0.5) is 24.0 Å². The number of aromatic amines is 2. The highest BCUT2D eigenvalue weighted by Crippen LogP contribution is 2.39. The quantitative estimate of drug-likeness (QED) is 0.521. The van der Waals surface area contributed by atoms with Gasteiger partial charge in [0, 0.05) is 25.7 Å². The molecule has 2 aromatic heterocycles. The lowest BCUT2D eigenvalue weighted by atomic mass is 10.0. The number of carbonyl (C=O) groups excluding carboxylic acids is 1. The molecule has 0 radical (unpaired) electrons. The van der Waals surface area contributed by atoms with E-state index in [1.54, 1.807) is 5.51 Å². The number of halogens is 3. The first-order valence-electron chi connectivity index (χ1n) is 10.7. The number of hydrogen-bond acceptors (Lipinski definition) is 6. The molecule has 0 saturated carbocycles. The summed E-state index contributed by atoms with van der Waals surface area (Å²) < 4.78 is 37.6. The van der Waals surface area contributed by atoms with Crippen LogP contribution in [0.25, 0.3) is 11.0 Å². The van der Waals surface area contributed by atoms with E-state index in [2.05, 4.69) is 30.1 Å². The number of amides is 1. The Morgan fingerprint density at radius 2 is 2.12 bits per heavy atom. The lowest BCUT2D eigenvalue weighted by Crippen LogP contribution is -2.35. The Bertz CT molecular complexity index is 1250. The molecule has 2 aliphatic heterocycles. The van der Waals surface area contributed by atoms with E-state index in [4.69, 9.17) is 0 Å². The number of likely N-dealkylation sites (tertiary alicyclic amines) is 1. The summed E-state index contributed by atoms with van der Waals surface area (Å²) >= 11 is 1.13.